The molecule has 2 aromatic rings. The molecule has 2 fully saturated rings. The summed E-state index contributed by atoms with van der Waals surface area (Å²) in [6, 6.07) is 0. The third-order valence-corrected chi connectivity index (χ3v) is 6.34. The highest BCUT2D eigenvalue weighted by molar-refractivity contribution is 7.18. The highest BCUT2D eigenvalue weighted by Crippen LogP contribution is 2.33. The number of rotatable bonds is 3. The van der Waals surface area contributed by atoms with Crippen LogP contribution in [0.3, 0.4) is 0 Å². The summed E-state index contributed by atoms with van der Waals surface area (Å²) in [7, 11) is 0. The van der Waals surface area contributed by atoms with Gasteiger partial charge in [-0.15, -0.1) is 11.3 Å². The molecule has 4 rings (SSSR count). The van der Waals surface area contributed by atoms with Gasteiger partial charge in [0.2, 0.25) is 5.91 Å². The molecular weight excluding hydrogens is 336 g/mol. The lowest BCUT2D eigenvalue weighted by Crippen LogP contribution is -2.42. The average molecular weight is 360 g/mol. The van der Waals surface area contributed by atoms with Crippen LogP contribution in [0.25, 0.3) is 10.2 Å². The molecule has 0 atom stereocenters. The number of morpholine rings is 1. The summed E-state index contributed by atoms with van der Waals surface area (Å²) in [6.07, 6.45) is 4.44. The molecule has 0 N–H and O–H groups in total. The maximum atomic E-state index is 12.4. The predicted octanol–water partition coefficient (Wildman–Crippen LogP) is 2.47. The number of piperidine rings is 1. The average Bonchev–Trinajstić information content (AvgIpc) is 3.04. The van der Waals surface area contributed by atoms with E-state index in [1.807, 2.05) is 4.90 Å². The van der Waals surface area contributed by atoms with Crippen molar-refractivity contribution >= 4 is 33.3 Å². The fourth-order valence-electron chi connectivity index (χ4n) is 3.72. The van der Waals surface area contributed by atoms with E-state index in [0.29, 0.717) is 31.5 Å². The van der Waals surface area contributed by atoms with E-state index < -0.39 is 0 Å². The first-order valence-corrected chi connectivity index (χ1v) is 9.89. The van der Waals surface area contributed by atoms with Gasteiger partial charge in [-0.2, -0.15) is 0 Å². The number of anilines is 1. The van der Waals surface area contributed by atoms with Crippen molar-refractivity contribution in [1.82, 2.24) is 14.9 Å². The van der Waals surface area contributed by atoms with Gasteiger partial charge in [0, 0.05) is 32.6 Å². The van der Waals surface area contributed by atoms with Gasteiger partial charge in [-0.05, 0) is 36.6 Å². The zero-order valence-electron chi connectivity index (χ0n) is 14.6. The quantitative estimate of drug-likeness (QED) is 0.842. The van der Waals surface area contributed by atoms with Gasteiger partial charge in [0.05, 0.1) is 23.4 Å². The Kier molecular flexibility index (Phi) is 4.85. The van der Waals surface area contributed by atoms with E-state index in [2.05, 4.69) is 27.2 Å². The van der Waals surface area contributed by atoms with Crippen molar-refractivity contribution in [3.63, 3.8) is 0 Å². The fourth-order valence-corrected chi connectivity index (χ4v) is 4.74. The summed E-state index contributed by atoms with van der Waals surface area (Å²) >= 11 is 1.73. The zero-order chi connectivity index (χ0) is 17.2. The van der Waals surface area contributed by atoms with Crippen LogP contribution in [0, 0.1) is 12.8 Å². The summed E-state index contributed by atoms with van der Waals surface area (Å²) in [5, 5.41) is 2.15. The van der Waals surface area contributed by atoms with Crippen molar-refractivity contribution in [2.45, 2.75) is 26.2 Å². The Morgan fingerprint density at radius 3 is 2.76 bits per heavy atom. The minimum absolute atomic E-state index is 0.292. The minimum atomic E-state index is 0.292. The van der Waals surface area contributed by atoms with Gasteiger partial charge < -0.3 is 14.5 Å². The van der Waals surface area contributed by atoms with Crippen LogP contribution >= 0.6 is 11.3 Å². The van der Waals surface area contributed by atoms with Gasteiger partial charge >= 0.3 is 0 Å². The Morgan fingerprint density at radius 2 is 2.00 bits per heavy atom. The molecule has 6 nitrogen and oxygen atoms in total. The Bertz CT molecular complexity index is 749. The van der Waals surface area contributed by atoms with Gasteiger partial charge in [0.25, 0.3) is 0 Å². The highest BCUT2D eigenvalue weighted by Gasteiger charge is 2.26. The topological polar surface area (TPSA) is 58.6 Å². The maximum absolute atomic E-state index is 12.4. The van der Waals surface area contributed by atoms with Gasteiger partial charge in [0.15, 0.2) is 0 Å². The van der Waals surface area contributed by atoms with Crippen molar-refractivity contribution in [2.75, 3.05) is 44.3 Å². The van der Waals surface area contributed by atoms with Crippen LogP contribution in [0.15, 0.2) is 11.7 Å². The summed E-state index contributed by atoms with van der Waals surface area (Å²) in [5.41, 5.74) is 2.29. The molecule has 0 saturated carbocycles. The second kappa shape index (κ2) is 7.25. The Hall–Kier alpha value is -1.73. The molecule has 4 heterocycles. The van der Waals surface area contributed by atoms with Crippen LogP contribution in [-0.2, 0) is 9.53 Å². The summed E-state index contributed by atoms with van der Waals surface area (Å²) in [6.45, 7) is 6.86. The molecule has 2 aromatic heterocycles. The van der Waals surface area contributed by atoms with Crippen LogP contribution < -0.4 is 4.90 Å². The first-order valence-electron chi connectivity index (χ1n) is 9.01. The third kappa shape index (κ3) is 3.48. The first-order chi connectivity index (χ1) is 12.2. The zero-order valence-corrected chi connectivity index (χ0v) is 15.4. The molecule has 7 heteroatoms. The molecule has 0 spiro atoms. The monoisotopic (exact) mass is 360 g/mol. The highest BCUT2D eigenvalue weighted by atomic mass is 32.1. The van der Waals surface area contributed by atoms with Gasteiger partial charge in [-0.1, -0.05) is 0 Å². The first kappa shape index (κ1) is 16.7. The number of ether oxygens (including phenoxy) is 1. The standard InChI is InChI=1S/C18H24N4O2S/c1-13-11-25-17-16(13)19-12-20-18(17)22-4-2-14(3-5-22)10-15(23)21-6-8-24-9-7-21/h11-12,14H,2-10H2,1H3. The Labute approximate surface area is 151 Å². The van der Waals surface area contributed by atoms with Crippen molar-refractivity contribution in [3.8, 4) is 0 Å². The van der Waals surface area contributed by atoms with Gasteiger partial charge in [-0.3, -0.25) is 4.79 Å². The van der Waals surface area contributed by atoms with Crippen molar-refractivity contribution < 1.29 is 9.53 Å². The number of nitrogens with zero attached hydrogens (tertiary/aromatic N) is 4. The van der Waals surface area contributed by atoms with E-state index >= 15 is 0 Å². The Morgan fingerprint density at radius 1 is 1.24 bits per heavy atom. The molecule has 0 bridgehead atoms. The summed E-state index contributed by atoms with van der Waals surface area (Å²) in [4.78, 5) is 25.7. The number of carbonyl (C=O) groups excluding carboxylic acids is 1. The van der Waals surface area contributed by atoms with Crippen molar-refractivity contribution in [3.05, 3.63) is 17.3 Å². The molecule has 2 saturated heterocycles. The number of amides is 1. The van der Waals surface area contributed by atoms with Gasteiger partial charge in [0.1, 0.15) is 12.1 Å². The molecule has 25 heavy (non-hydrogen) atoms. The molecule has 1 amide bonds. The smallest absolute Gasteiger partial charge is 0.223 e. The fraction of sp³-hybridized carbons (Fsp3) is 0.611. The number of hydrogen-bond donors (Lipinski definition) is 0. The lowest BCUT2D eigenvalue weighted by molar-refractivity contribution is -0.136. The summed E-state index contributed by atoms with van der Waals surface area (Å²) in [5.74, 6) is 1.83. The van der Waals surface area contributed by atoms with Crippen LogP contribution in [0.5, 0.6) is 0 Å². The molecule has 0 unspecified atom stereocenters. The molecule has 0 radical (unpaired) electrons. The van der Waals surface area contributed by atoms with E-state index in [4.69, 9.17) is 4.74 Å². The van der Waals surface area contributed by atoms with Crippen LogP contribution in [-0.4, -0.2) is 60.2 Å². The molecule has 0 aliphatic carbocycles. The van der Waals surface area contributed by atoms with E-state index in [0.717, 1.165) is 50.4 Å². The van der Waals surface area contributed by atoms with Crippen molar-refractivity contribution in [1.29, 1.82) is 0 Å². The third-order valence-electron chi connectivity index (χ3n) is 5.25. The van der Waals surface area contributed by atoms with Crippen LogP contribution in [0.1, 0.15) is 24.8 Å². The largest absolute Gasteiger partial charge is 0.378 e. The van der Waals surface area contributed by atoms with E-state index in [9.17, 15) is 4.79 Å². The second-order valence-electron chi connectivity index (χ2n) is 6.92. The molecule has 2 aliphatic heterocycles. The number of aryl methyl sites for hydroxylation is 1. The number of fused-ring (bicyclic) bond motifs is 1. The number of carbonyl (C=O) groups is 1. The lowest BCUT2D eigenvalue weighted by Gasteiger charge is -2.34. The van der Waals surface area contributed by atoms with Gasteiger partial charge in [-0.25, -0.2) is 9.97 Å². The predicted molar refractivity (Wildman–Crippen MR) is 99.1 cm³/mol. The minimum Gasteiger partial charge on any atom is -0.378 e. The summed E-state index contributed by atoms with van der Waals surface area (Å²) < 4.78 is 6.51. The molecular formula is C18H24N4O2S. The maximum Gasteiger partial charge on any atom is 0.223 e. The van der Waals surface area contributed by atoms with Crippen LogP contribution in [0.4, 0.5) is 5.82 Å². The van der Waals surface area contributed by atoms with E-state index in [1.165, 1.54) is 10.3 Å². The number of hydrogen-bond acceptors (Lipinski definition) is 6. The number of aromatic nitrogens is 2. The van der Waals surface area contributed by atoms with E-state index in [-0.39, 0.29) is 0 Å². The molecule has 0 aromatic carbocycles. The molecule has 2 aliphatic rings. The molecule has 134 valence electrons. The Balaban J connectivity index is 1.37. The second-order valence-corrected chi connectivity index (χ2v) is 7.80. The SMILES string of the molecule is Cc1csc2c(N3CCC(CC(=O)N4CCOCC4)CC3)ncnc12. The van der Waals surface area contributed by atoms with Crippen LogP contribution in [0.2, 0.25) is 0 Å². The van der Waals surface area contributed by atoms with Crippen molar-refractivity contribution in [2.24, 2.45) is 5.92 Å². The normalized spacial score (nSPS) is 19.6. The lowest BCUT2D eigenvalue weighted by atomic mass is 9.93. The van der Waals surface area contributed by atoms with E-state index in [1.54, 1.807) is 17.7 Å². The number of thiophene rings is 1.